The van der Waals surface area contributed by atoms with Crippen molar-refractivity contribution in [1.29, 1.82) is 0 Å². The van der Waals surface area contributed by atoms with Crippen molar-refractivity contribution in [3.8, 4) is 5.75 Å². The average Bonchev–Trinajstić information content (AvgIpc) is 2.60. The van der Waals surface area contributed by atoms with Gasteiger partial charge in [-0.15, -0.1) is 4.83 Å². The molecule has 2 rings (SSSR count). The average molecular weight is 364 g/mol. The Labute approximate surface area is 144 Å². The molecule has 0 radical (unpaired) electrons. The van der Waals surface area contributed by atoms with E-state index in [1.807, 2.05) is 4.83 Å². The van der Waals surface area contributed by atoms with Crippen LogP contribution in [0.5, 0.6) is 5.75 Å². The highest BCUT2D eigenvalue weighted by molar-refractivity contribution is 7.89. The lowest BCUT2D eigenvalue weighted by Crippen LogP contribution is -2.41. The molecule has 132 valence electrons. The number of pyridine rings is 1. The zero-order valence-corrected chi connectivity index (χ0v) is 14.3. The molecule has 9 nitrogen and oxygen atoms in total. The standard InChI is InChI=1S/C15H16N4O5S/c1-10(20)17-12-7-6-11(9-14(12)24-2)25(22,23)19-18-15(21)13-5-3-4-8-16-13/h3-9,19H,1-2H3,(H,17,20)(H,18,21). The molecule has 0 bridgehead atoms. The molecule has 0 aliphatic carbocycles. The first kappa shape index (κ1) is 18.4. The van der Waals surface area contributed by atoms with Crippen LogP contribution < -0.4 is 20.3 Å². The molecule has 0 saturated heterocycles. The van der Waals surface area contributed by atoms with E-state index in [-0.39, 0.29) is 22.2 Å². The van der Waals surface area contributed by atoms with Crippen LogP contribution in [0.4, 0.5) is 5.69 Å². The molecule has 2 amide bonds. The van der Waals surface area contributed by atoms with Gasteiger partial charge in [-0.3, -0.25) is 20.0 Å². The van der Waals surface area contributed by atoms with Crippen LogP contribution in [0.15, 0.2) is 47.5 Å². The van der Waals surface area contributed by atoms with Gasteiger partial charge in [-0.25, -0.2) is 8.42 Å². The minimum Gasteiger partial charge on any atom is -0.495 e. The molecule has 1 aromatic carbocycles. The number of aromatic nitrogens is 1. The van der Waals surface area contributed by atoms with Crippen molar-refractivity contribution in [3.63, 3.8) is 0 Å². The van der Waals surface area contributed by atoms with Crippen LogP contribution >= 0.6 is 0 Å². The van der Waals surface area contributed by atoms with Crippen molar-refractivity contribution in [2.45, 2.75) is 11.8 Å². The summed E-state index contributed by atoms with van der Waals surface area (Å²) in [5, 5.41) is 2.52. The SMILES string of the molecule is COc1cc(S(=O)(=O)NNC(=O)c2ccccn2)ccc1NC(C)=O. The van der Waals surface area contributed by atoms with Gasteiger partial charge in [-0.05, 0) is 24.3 Å². The lowest BCUT2D eigenvalue weighted by Gasteiger charge is -2.12. The number of amides is 2. The summed E-state index contributed by atoms with van der Waals surface area (Å²) < 4.78 is 29.6. The fraction of sp³-hybridized carbons (Fsp3) is 0.133. The number of benzene rings is 1. The lowest BCUT2D eigenvalue weighted by molar-refractivity contribution is -0.114. The topological polar surface area (TPSA) is 126 Å². The highest BCUT2D eigenvalue weighted by Gasteiger charge is 2.18. The number of hydrogen-bond acceptors (Lipinski definition) is 6. The number of ether oxygens (including phenoxy) is 1. The molecule has 0 atom stereocenters. The van der Waals surface area contributed by atoms with Crippen molar-refractivity contribution in [2.75, 3.05) is 12.4 Å². The van der Waals surface area contributed by atoms with Gasteiger partial charge < -0.3 is 10.1 Å². The Morgan fingerprint density at radius 3 is 2.52 bits per heavy atom. The molecule has 0 aliphatic rings. The number of nitrogens with one attached hydrogen (secondary N) is 3. The van der Waals surface area contributed by atoms with Gasteiger partial charge in [0, 0.05) is 19.2 Å². The third-order valence-corrected chi connectivity index (χ3v) is 4.24. The Morgan fingerprint density at radius 2 is 1.92 bits per heavy atom. The van der Waals surface area contributed by atoms with Gasteiger partial charge in [0.05, 0.1) is 17.7 Å². The number of sulfonamides is 1. The van der Waals surface area contributed by atoms with E-state index >= 15 is 0 Å². The van der Waals surface area contributed by atoms with E-state index in [4.69, 9.17) is 4.74 Å². The molecular weight excluding hydrogens is 348 g/mol. The Balaban J connectivity index is 2.16. The zero-order valence-electron chi connectivity index (χ0n) is 13.4. The summed E-state index contributed by atoms with van der Waals surface area (Å²) in [7, 11) is -2.70. The summed E-state index contributed by atoms with van der Waals surface area (Å²) in [6, 6.07) is 8.54. The molecule has 0 fully saturated rings. The number of rotatable bonds is 6. The van der Waals surface area contributed by atoms with Gasteiger partial charge in [0.25, 0.3) is 15.9 Å². The van der Waals surface area contributed by atoms with Crippen molar-refractivity contribution >= 4 is 27.5 Å². The van der Waals surface area contributed by atoms with Crippen LogP contribution in [-0.4, -0.2) is 32.3 Å². The van der Waals surface area contributed by atoms with Crippen LogP contribution in [0.1, 0.15) is 17.4 Å². The van der Waals surface area contributed by atoms with Crippen molar-refractivity contribution < 1.29 is 22.7 Å². The smallest absolute Gasteiger partial charge is 0.284 e. The van der Waals surface area contributed by atoms with Crippen LogP contribution in [0.3, 0.4) is 0 Å². The summed E-state index contributed by atoms with van der Waals surface area (Å²) in [5.41, 5.74) is 2.46. The zero-order chi connectivity index (χ0) is 18.4. The lowest BCUT2D eigenvalue weighted by atomic mass is 10.3. The maximum Gasteiger partial charge on any atom is 0.284 e. The molecule has 0 spiro atoms. The first-order valence-corrected chi connectivity index (χ1v) is 8.50. The number of hydrogen-bond donors (Lipinski definition) is 3. The first-order valence-electron chi connectivity index (χ1n) is 7.02. The maximum absolute atomic E-state index is 12.3. The normalized spacial score (nSPS) is 10.8. The molecule has 0 unspecified atom stereocenters. The molecule has 0 saturated carbocycles. The van der Waals surface area contributed by atoms with Crippen LogP contribution in [-0.2, 0) is 14.8 Å². The molecule has 3 N–H and O–H groups in total. The monoisotopic (exact) mass is 364 g/mol. The molecule has 1 aromatic heterocycles. The second-order valence-corrected chi connectivity index (χ2v) is 6.50. The molecule has 1 heterocycles. The fourth-order valence-corrected chi connectivity index (χ4v) is 2.72. The Kier molecular flexibility index (Phi) is 5.67. The molecule has 10 heteroatoms. The van der Waals surface area contributed by atoms with Gasteiger partial charge in [0.15, 0.2) is 0 Å². The van der Waals surface area contributed by atoms with Crippen LogP contribution in [0.25, 0.3) is 0 Å². The molecular formula is C15H16N4O5S. The first-order chi connectivity index (χ1) is 11.8. The number of methoxy groups -OCH3 is 1. The molecule has 25 heavy (non-hydrogen) atoms. The predicted molar refractivity (Wildman–Crippen MR) is 89.3 cm³/mol. The van der Waals surface area contributed by atoms with Gasteiger partial charge in [0.2, 0.25) is 5.91 Å². The summed E-state index contributed by atoms with van der Waals surface area (Å²) >= 11 is 0. The highest BCUT2D eigenvalue weighted by atomic mass is 32.2. The van der Waals surface area contributed by atoms with Gasteiger partial charge >= 0.3 is 0 Å². The second-order valence-electron chi connectivity index (χ2n) is 4.82. The van der Waals surface area contributed by atoms with Crippen molar-refractivity contribution in [3.05, 3.63) is 48.3 Å². The van der Waals surface area contributed by atoms with Gasteiger partial charge in [-0.2, -0.15) is 0 Å². The predicted octanol–water partition coefficient (Wildman–Crippen LogP) is 0.672. The number of carbonyl (C=O) groups excluding carboxylic acids is 2. The minimum atomic E-state index is -4.04. The van der Waals surface area contributed by atoms with Crippen LogP contribution in [0.2, 0.25) is 0 Å². The summed E-state index contributed by atoms with van der Waals surface area (Å²) in [6.07, 6.45) is 1.41. The number of carbonyl (C=O) groups is 2. The minimum absolute atomic E-state index is 0.0591. The van der Waals surface area contributed by atoms with E-state index in [1.54, 1.807) is 12.1 Å². The largest absolute Gasteiger partial charge is 0.495 e. The second kappa shape index (κ2) is 7.73. The number of nitrogens with zero attached hydrogens (tertiary/aromatic N) is 1. The number of hydrazine groups is 1. The van der Waals surface area contributed by atoms with Gasteiger partial charge in [0.1, 0.15) is 11.4 Å². The third-order valence-electron chi connectivity index (χ3n) is 2.99. The summed E-state index contributed by atoms with van der Waals surface area (Å²) in [5.74, 6) is -0.866. The van der Waals surface area contributed by atoms with Gasteiger partial charge in [-0.1, -0.05) is 6.07 Å². The Morgan fingerprint density at radius 1 is 1.16 bits per heavy atom. The third kappa shape index (κ3) is 4.75. The van der Waals surface area contributed by atoms with Crippen LogP contribution in [0, 0.1) is 0 Å². The van der Waals surface area contributed by atoms with E-state index in [2.05, 4.69) is 15.7 Å². The van der Waals surface area contributed by atoms with Crippen molar-refractivity contribution in [1.82, 2.24) is 15.2 Å². The van der Waals surface area contributed by atoms with E-state index in [9.17, 15) is 18.0 Å². The molecule has 0 aliphatic heterocycles. The quantitative estimate of drug-likeness (QED) is 0.647. The van der Waals surface area contributed by atoms with Crippen molar-refractivity contribution in [2.24, 2.45) is 0 Å². The van der Waals surface area contributed by atoms with E-state index < -0.39 is 15.9 Å². The van der Waals surface area contributed by atoms with E-state index in [0.29, 0.717) is 5.69 Å². The Bertz CT molecular complexity index is 884. The Hall–Kier alpha value is -2.98. The summed E-state index contributed by atoms with van der Waals surface area (Å²) in [6.45, 7) is 1.32. The molecule has 2 aromatic rings. The maximum atomic E-state index is 12.3. The number of anilines is 1. The van der Waals surface area contributed by atoms with E-state index in [0.717, 1.165) is 0 Å². The summed E-state index contributed by atoms with van der Waals surface area (Å²) in [4.78, 5) is 28.6. The fourth-order valence-electron chi connectivity index (χ4n) is 1.87. The highest BCUT2D eigenvalue weighted by Crippen LogP contribution is 2.27. The van der Waals surface area contributed by atoms with E-state index in [1.165, 1.54) is 44.5 Å².